The maximum Gasteiger partial charge on any atom is 0.251 e. The van der Waals surface area contributed by atoms with Crippen molar-refractivity contribution in [3.8, 4) is 0 Å². The van der Waals surface area contributed by atoms with Crippen LogP contribution in [0.3, 0.4) is 0 Å². The molecule has 1 atom stereocenters. The third-order valence-corrected chi connectivity index (χ3v) is 8.13. The summed E-state index contributed by atoms with van der Waals surface area (Å²) < 4.78 is 27.7. The molecule has 1 aliphatic heterocycles. The predicted molar refractivity (Wildman–Crippen MR) is 130 cm³/mol. The average molecular weight is 492 g/mol. The van der Waals surface area contributed by atoms with E-state index in [-0.39, 0.29) is 33.9 Å². The lowest BCUT2D eigenvalue weighted by Gasteiger charge is -2.30. The SMILES string of the molecule is Cc1cc(C)c(NC(=O)CNC(=O)c2ccc(Cl)c(S(=O)(=O)N3CCCC(C)C3)c2)c(C)c1. The number of nitrogens with one attached hydrogen (secondary N) is 2. The van der Waals surface area contributed by atoms with E-state index >= 15 is 0 Å². The summed E-state index contributed by atoms with van der Waals surface area (Å²) in [4.78, 5) is 25.0. The Morgan fingerprint density at radius 3 is 2.42 bits per heavy atom. The molecule has 3 rings (SSSR count). The molecule has 9 heteroatoms. The number of halogens is 1. The van der Waals surface area contributed by atoms with E-state index < -0.39 is 15.9 Å². The lowest BCUT2D eigenvalue weighted by atomic mass is 10.0. The van der Waals surface area contributed by atoms with Gasteiger partial charge in [0.1, 0.15) is 4.90 Å². The van der Waals surface area contributed by atoms with Gasteiger partial charge in [0.2, 0.25) is 15.9 Å². The van der Waals surface area contributed by atoms with Gasteiger partial charge in [-0.15, -0.1) is 0 Å². The van der Waals surface area contributed by atoms with Gasteiger partial charge in [0.05, 0.1) is 11.6 Å². The molecule has 2 aromatic carbocycles. The van der Waals surface area contributed by atoms with Crippen LogP contribution < -0.4 is 10.6 Å². The molecule has 1 aliphatic rings. The molecule has 33 heavy (non-hydrogen) atoms. The van der Waals surface area contributed by atoms with Crippen LogP contribution in [-0.2, 0) is 14.8 Å². The van der Waals surface area contributed by atoms with Crippen LogP contribution in [0.2, 0.25) is 5.02 Å². The maximum atomic E-state index is 13.1. The highest BCUT2D eigenvalue weighted by Gasteiger charge is 2.31. The van der Waals surface area contributed by atoms with Crippen LogP contribution in [0.15, 0.2) is 35.2 Å². The van der Waals surface area contributed by atoms with Crippen molar-refractivity contribution in [2.45, 2.75) is 45.4 Å². The van der Waals surface area contributed by atoms with Crippen molar-refractivity contribution in [2.75, 3.05) is 25.0 Å². The number of hydrogen-bond donors (Lipinski definition) is 2. The number of amides is 2. The van der Waals surface area contributed by atoms with Gasteiger partial charge in [0.15, 0.2) is 0 Å². The maximum absolute atomic E-state index is 13.1. The lowest BCUT2D eigenvalue weighted by Crippen LogP contribution is -2.39. The first-order chi connectivity index (χ1) is 15.5. The van der Waals surface area contributed by atoms with Crippen LogP contribution in [-0.4, -0.2) is 44.2 Å². The van der Waals surface area contributed by atoms with Gasteiger partial charge in [0.25, 0.3) is 5.91 Å². The molecular weight excluding hydrogens is 462 g/mol. The van der Waals surface area contributed by atoms with Crippen molar-refractivity contribution in [3.63, 3.8) is 0 Å². The first-order valence-electron chi connectivity index (χ1n) is 10.9. The standard InChI is InChI=1S/C24H30ClN3O4S/c1-15-6-5-9-28(14-15)33(31,32)21-12-19(7-8-20(21)25)24(30)26-13-22(29)27-23-17(3)10-16(2)11-18(23)4/h7-8,10-12,15H,5-6,9,13-14H2,1-4H3,(H,26,30)(H,27,29). The second kappa shape index (κ2) is 10.2. The van der Waals surface area contributed by atoms with Gasteiger partial charge in [-0.05, 0) is 68.9 Å². The second-order valence-corrected chi connectivity index (χ2v) is 11.1. The molecule has 1 heterocycles. The van der Waals surface area contributed by atoms with Crippen LogP contribution >= 0.6 is 11.6 Å². The monoisotopic (exact) mass is 491 g/mol. The van der Waals surface area contributed by atoms with E-state index in [9.17, 15) is 18.0 Å². The van der Waals surface area contributed by atoms with Crippen molar-refractivity contribution in [1.29, 1.82) is 0 Å². The minimum absolute atomic E-state index is 0.0628. The summed E-state index contributed by atoms with van der Waals surface area (Å²) in [6, 6.07) is 8.07. The van der Waals surface area contributed by atoms with Crippen LogP contribution in [0.5, 0.6) is 0 Å². The number of sulfonamides is 1. The fraction of sp³-hybridized carbons (Fsp3) is 0.417. The van der Waals surface area contributed by atoms with E-state index in [0.717, 1.165) is 35.2 Å². The summed E-state index contributed by atoms with van der Waals surface area (Å²) >= 11 is 6.20. The van der Waals surface area contributed by atoms with E-state index in [1.54, 1.807) is 0 Å². The van der Waals surface area contributed by atoms with Crippen molar-refractivity contribution < 1.29 is 18.0 Å². The zero-order valence-corrected chi connectivity index (χ0v) is 20.9. The van der Waals surface area contributed by atoms with Gasteiger partial charge in [-0.3, -0.25) is 9.59 Å². The minimum atomic E-state index is -3.82. The molecule has 2 N–H and O–H groups in total. The molecule has 0 aliphatic carbocycles. The van der Waals surface area contributed by atoms with Crippen molar-refractivity contribution in [3.05, 3.63) is 57.6 Å². The van der Waals surface area contributed by atoms with Crippen LogP contribution in [0.1, 0.15) is 46.8 Å². The zero-order valence-electron chi connectivity index (χ0n) is 19.4. The van der Waals surface area contributed by atoms with E-state index in [1.807, 2.05) is 39.8 Å². The topological polar surface area (TPSA) is 95.6 Å². The van der Waals surface area contributed by atoms with Gasteiger partial charge >= 0.3 is 0 Å². The molecule has 0 spiro atoms. The van der Waals surface area contributed by atoms with Crippen LogP contribution in [0.4, 0.5) is 5.69 Å². The summed E-state index contributed by atoms with van der Waals surface area (Å²) in [7, 11) is -3.82. The van der Waals surface area contributed by atoms with E-state index in [1.165, 1.54) is 22.5 Å². The van der Waals surface area contributed by atoms with Gasteiger partial charge < -0.3 is 10.6 Å². The summed E-state index contributed by atoms with van der Waals surface area (Å²) in [5.74, 6) is -0.664. The van der Waals surface area contributed by atoms with Crippen molar-refractivity contribution in [1.82, 2.24) is 9.62 Å². The quantitative estimate of drug-likeness (QED) is 0.637. The Bertz CT molecular complexity index is 1160. The smallest absolute Gasteiger partial charge is 0.251 e. The number of benzene rings is 2. The summed E-state index contributed by atoms with van der Waals surface area (Å²) in [6.45, 7) is 8.42. The molecule has 0 aromatic heterocycles. The van der Waals surface area contributed by atoms with Gasteiger partial charge in [-0.25, -0.2) is 8.42 Å². The summed E-state index contributed by atoms with van der Waals surface area (Å²) in [6.07, 6.45) is 1.76. The molecule has 1 unspecified atom stereocenters. The first-order valence-corrected chi connectivity index (χ1v) is 12.8. The Kier molecular flexibility index (Phi) is 7.82. The minimum Gasteiger partial charge on any atom is -0.343 e. The van der Waals surface area contributed by atoms with E-state index in [4.69, 9.17) is 11.6 Å². The number of carbonyl (C=O) groups is 2. The third kappa shape index (κ3) is 5.93. The Balaban J connectivity index is 1.70. The number of rotatable bonds is 6. The number of piperidine rings is 1. The molecule has 1 fully saturated rings. The molecule has 178 valence electrons. The van der Waals surface area contributed by atoms with E-state index in [2.05, 4.69) is 10.6 Å². The fourth-order valence-electron chi connectivity index (χ4n) is 4.17. The predicted octanol–water partition coefficient (Wildman–Crippen LogP) is 4.05. The highest BCUT2D eigenvalue weighted by Crippen LogP contribution is 2.29. The highest BCUT2D eigenvalue weighted by atomic mass is 35.5. The number of nitrogens with zero attached hydrogens (tertiary/aromatic N) is 1. The van der Waals surface area contributed by atoms with Crippen LogP contribution in [0, 0.1) is 26.7 Å². The van der Waals surface area contributed by atoms with Crippen molar-refractivity contribution >= 4 is 39.1 Å². The number of hydrogen-bond acceptors (Lipinski definition) is 4. The van der Waals surface area contributed by atoms with Gasteiger partial charge in [-0.2, -0.15) is 4.31 Å². The molecule has 7 nitrogen and oxygen atoms in total. The van der Waals surface area contributed by atoms with Crippen molar-refractivity contribution in [2.24, 2.45) is 5.92 Å². The molecular formula is C24H30ClN3O4S. The second-order valence-electron chi connectivity index (χ2n) is 8.76. The zero-order chi connectivity index (χ0) is 24.3. The summed E-state index contributed by atoms with van der Waals surface area (Å²) in [5, 5.41) is 5.44. The molecule has 0 saturated carbocycles. The average Bonchev–Trinajstić information content (AvgIpc) is 2.74. The lowest BCUT2D eigenvalue weighted by molar-refractivity contribution is -0.115. The summed E-state index contributed by atoms with van der Waals surface area (Å²) in [5.41, 5.74) is 3.82. The fourth-order valence-corrected chi connectivity index (χ4v) is 6.27. The number of aryl methyl sites for hydroxylation is 3. The Hall–Kier alpha value is -2.42. The number of anilines is 1. The normalized spacial score (nSPS) is 16.9. The molecule has 1 saturated heterocycles. The Morgan fingerprint density at radius 1 is 1.12 bits per heavy atom. The Labute approximate surface area is 200 Å². The van der Waals surface area contributed by atoms with Crippen LogP contribution in [0.25, 0.3) is 0 Å². The Morgan fingerprint density at radius 2 is 1.79 bits per heavy atom. The third-order valence-electron chi connectivity index (χ3n) is 5.78. The molecule has 2 amide bonds. The van der Waals surface area contributed by atoms with E-state index in [0.29, 0.717) is 13.1 Å². The molecule has 0 bridgehead atoms. The first kappa shape index (κ1) is 25.2. The van der Waals surface area contributed by atoms with Gasteiger partial charge in [0, 0.05) is 24.3 Å². The number of carbonyl (C=O) groups excluding carboxylic acids is 2. The van der Waals surface area contributed by atoms with Gasteiger partial charge in [-0.1, -0.05) is 36.2 Å². The molecule has 2 aromatic rings. The highest BCUT2D eigenvalue weighted by molar-refractivity contribution is 7.89. The molecule has 0 radical (unpaired) electrons. The largest absolute Gasteiger partial charge is 0.343 e.